The lowest BCUT2D eigenvalue weighted by Gasteiger charge is -2.10. The lowest BCUT2D eigenvalue weighted by atomic mass is 10.0. The predicted molar refractivity (Wildman–Crippen MR) is 73.8 cm³/mol. The quantitative estimate of drug-likeness (QED) is 0.656. The van der Waals surface area contributed by atoms with E-state index in [1.165, 1.54) is 6.07 Å². The third kappa shape index (κ3) is 2.55. The van der Waals surface area contributed by atoms with Crippen molar-refractivity contribution in [3.05, 3.63) is 46.9 Å². The molecule has 94 valence electrons. The van der Waals surface area contributed by atoms with Crippen molar-refractivity contribution in [1.82, 2.24) is 0 Å². The first-order chi connectivity index (χ1) is 8.39. The summed E-state index contributed by atoms with van der Waals surface area (Å²) in [5.41, 5.74) is 7.18. The number of benzene rings is 2. The molecule has 4 nitrogen and oxygen atoms in total. The second kappa shape index (κ2) is 4.72. The highest BCUT2D eigenvalue weighted by Gasteiger charge is 2.18. The zero-order valence-corrected chi connectivity index (χ0v) is 11.6. The number of nitrogens with two attached hydrogens (primary N) is 1. The van der Waals surface area contributed by atoms with Crippen molar-refractivity contribution in [3.63, 3.8) is 0 Å². The van der Waals surface area contributed by atoms with Crippen LogP contribution in [0.5, 0.6) is 0 Å². The van der Waals surface area contributed by atoms with Crippen molar-refractivity contribution in [2.24, 2.45) is 0 Å². The zero-order valence-electron chi connectivity index (χ0n) is 9.17. The van der Waals surface area contributed by atoms with Gasteiger partial charge in [-0.1, -0.05) is 46.3 Å². The zero-order chi connectivity index (χ0) is 13.3. The van der Waals surface area contributed by atoms with E-state index in [2.05, 4.69) is 15.9 Å². The van der Waals surface area contributed by atoms with E-state index in [0.29, 0.717) is 10.0 Å². The number of halogens is 1. The monoisotopic (exact) mass is 327 g/mol. The summed E-state index contributed by atoms with van der Waals surface area (Å²) in [4.78, 5) is -0.296. The molecule has 6 heteroatoms. The molecule has 0 saturated heterocycles. The summed E-state index contributed by atoms with van der Waals surface area (Å²) in [5, 5.41) is 0. The van der Waals surface area contributed by atoms with Gasteiger partial charge < -0.3 is 5.73 Å². The van der Waals surface area contributed by atoms with Crippen LogP contribution in [0.3, 0.4) is 0 Å². The summed E-state index contributed by atoms with van der Waals surface area (Å²) in [6.45, 7) is 0. The van der Waals surface area contributed by atoms with Crippen LogP contribution in [0.1, 0.15) is 0 Å². The second-order valence-electron chi connectivity index (χ2n) is 3.71. The van der Waals surface area contributed by atoms with Gasteiger partial charge in [0, 0.05) is 10.0 Å². The minimum absolute atomic E-state index is 0.0342. The highest BCUT2D eigenvalue weighted by atomic mass is 79.9. The number of rotatable bonds is 2. The van der Waals surface area contributed by atoms with E-state index in [0.717, 1.165) is 5.56 Å². The Labute approximate surface area is 113 Å². The molecule has 0 aliphatic heterocycles. The minimum atomic E-state index is -4.34. The summed E-state index contributed by atoms with van der Waals surface area (Å²) in [6.07, 6.45) is 0. The molecule has 3 N–H and O–H groups in total. The topological polar surface area (TPSA) is 80.4 Å². The van der Waals surface area contributed by atoms with Crippen LogP contribution < -0.4 is 5.73 Å². The highest BCUT2D eigenvalue weighted by molar-refractivity contribution is 9.10. The van der Waals surface area contributed by atoms with Gasteiger partial charge in [0.05, 0.1) is 5.69 Å². The van der Waals surface area contributed by atoms with Crippen molar-refractivity contribution in [2.75, 3.05) is 5.73 Å². The summed E-state index contributed by atoms with van der Waals surface area (Å²) in [6, 6.07) is 12.1. The van der Waals surface area contributed by atoms with Crippen molar-refractivity contribution >= 4 is 31.7 Å². The van der Waals surface area contributed by atoms with Gasteiger partial charge in [0.1, 0.15) is 4.90 Å². The fourth-order valence-corrected chi connectivity index (χ4v) is 2.94. The van der Waals surface area contributed by atoms with Crippen LogP contribution >= 0.6 is 15.9 Å². The molecule has 0 unspecified atom stereocenters. The lowest BCUT2D eigenvalue weighted by molar-refractivity contribution is 0.483. The van der Waals surface area contributed by atoms with Gasteiger partial charge in [0.15, 0.2) is 0 Å². The molecule has 0 amide bonds. The number of anilines is 1. The van der Waals surface area contributed by atoms with Gasteiger partial charge in [0.2, 0.25) is 0 Å². The van der Waals surface area contributed by atoms with E-state index in [1.807, 2.05) is 30.3 Å². The maximum atomic E-state index is 11.2. The fraction of sp³-hybridized carbons (Fsp3) is 0. The Hall–Kier alpha value is -1.37. The van der Waals surface area contributed by atoms with Crippen LogP contribution in [0.25, 0.3) is 11.1 Å². The van der Waals surface area contributed by atoms with Crippen LogP contribution in [0.4, 0.5) is 5.69 Å². The van der Waals surface area contributed by atoms with Crippen LogP contribution in [-0.2, 0) is 10.1 Å². The summed E-state index contributed by atoms with van der Waals surface area (Å²) in [7, 11) is -4.34. The van der Waals surface area contributed by atoms with Gasteiger partial charge in [-0.3, -0.25) is 4.55 Å². The molecule has 0 aromatic heterocycles. The highest BCUT2D eigenvalue weighted by Crippen LogP contribution is 2.34. The molecule has 2 aromatic rings. The molecule has 0 aliphatic carbocycles. The molecular formula is C12H10BrNO3S. The Morgan fingerprint density at radius 3 is 2.28 bits per heavy atom. The molecule has 0 fully saturated rings. The number of nitrogen functional groups attached to an aromatic ring is 1. The van der Waals surface area contributed by atoms with Crippen LogP contribution in [0, 0.1) is 0 Å². The van der Waals surface area contributed by atoms with Gasteiger partial charge in [-0.2, -0.15) is 8.42 Å². The van der Waals surface area contributed by atoms with Crippen LogP contribution in [-0.4, -0.2) is 13.0 Å². The van der Waals surface area contributed by atoms with E-state index >= 15 is 0 Å². The van der Waals surface area contributed by atoms with Crippen molar-refractivity contribution in [2.45, 2.75) is 4.90 Å². The Balaban J connectivity index is 2.75. The van der Waals surface area contributed by atoms with Gasteiger partial charge in [-0.25, -0.2) is 0 Å². The number of hydrogen-bond donors (Lipinski definition) is 2. The minimum Gasteiger partial charge on any atom is -0.397 e. The van der Waals surface area contributed by atoms with E-state index in [9.17, 15) is 8.42 Å². The molecule has 0 aliphatic rings. The van der Waals surface area contributed by atoms with E-state index < -0.39 is 10.1 Å². The smallest absolute Gasteiger partial charge is 0.296 e. The van der Waals surface area contributed by atoms with Gasteiger partial charge in [0.25, 0.3) is 10.1 Å². The van der Waals surface area contributed by atoms with Gasteiger partial charge >= 0.3 is 0 Å². The Morgan fingerprint density at radius 1 is 1.11 bits per heavy atom. The Kier molecular flexibility index (Phi) is 3.43. The normalized spacial score (nSPS) is 11.4. The maximum Gasteiger partial charge on any atom is 0.296 e. The molecule has 0 saturated carbocycles. The first kappa shape index (κ1) is 13.1. The second-order valence-corrected chi connectivity index (χ2v) is 6.01. The molecule has 0 spiro atoms. The van der Waals surface area contributed by atoms with Crippen LogP contribution in [0.15, 0.2) is 51.8 Å². The van der Waals surface area contributed by atoms with Gasteiger partial charge in [-0.05, 0) is 17.7 Å². The van der Waals surface area contributed by atoms with E-state index in [4.69, 9.17) is 10.3 Å². The Morgan fingerprint density at radius 2 is 1.72 bits per heavy atom. The first-order valence-electron chi connectivity index (χ1n) is 5.01. The average Bonchev–Trinajstić information content (AvgIpc) is 2.31. The molecule has 0 radical (unpaired) electrons. The Bertz CT molecular complexity index is 684. The third-order valence-electron chi connectivity index (χ3n) is 2.47. The number of hydrogen-bond acceptors (Lipinski definition) is 3. The SMILES string of the molecule is Nc1c(-c2ccccc2)cc(Br)cc1S(=O)(=O)O. The molecule has 18 heavy (non-hydrogen) atoms. The van der Waals surface area contributed by atoms with Gasteiger partial charge in [-0.15, -0.1) is 0 Å². The third-order valence-corrected chi connectivity index (χ3v) is 3.82. The van der Waals surface area contributed by atoms with E-state index in [-0.39, 0.29) is 10.6 Å². The van der Waals surface area contributed by atoms with Crippen molar-refractivity contribution in [1.29, 1.82) is 0 Å². The molecule has 0 bridgehead atoms. The molecule has 2 rings (SSSR count). The average molecular weight is 328 g/mol. The molecule has 2 aromatic carbocycles. The van der Waals surface area contributed by atoms with Crippen molar-refractivity contribution in [3.8, 4) is 11.1 Å². The summed E-state index contributed by atoms with van der Waals surface area (Å²) < 4.78 is 32.2. The standard InChI is InChI=1S/C12H10BrNO3S/c13-9-6-10(8-4-2-1-3-5-8)12(14)11(7-9)18(15,16)17/h1-7H,14H2,(H,15,16,17). The predicted octanol–water partition coefficient (Wildman–Crippen LogP) is 2.95. The summed E-state index contributed by atoms with van der Waals surface area (Å²) >= 11 is 3.21. The van der Waals surface area contributed by atoms with Crippen molar-refractivity contribution < 1.29 is 13.0 Å². The van der Waals surface area contributed by atoms with E-state index in [1.54, 1.807) is 6.07 Å². The molecular weight excluding hydrogens is 318 g/mol. The fourth-order valence-electron chi connectivity index (χ4n) is 1.66. The largest absolute Gasteiger partial charge is 0.397 e. The summed E-state index contributed by atoms with van der Waals surface area (Å²) in [5.74, 6) is 0. The van der Waals surface area contributed by atoms with Crippen LogP contribution in [0.2, 0.25) is 0 Å². The maximum absolute atomic E-state index is 11.2. The molecule has 0 atom stereocenters. The molecule has 0 heterocycles. The lowest BCUT2D eigenvalue weighted by Crippen LogP contribution is -2.04. The first-order valence-corrected chi connectivity index (χ1v) is 7.25.